The second kappa shape index (κ2) is 7.94. The van der Waals surface area contributed by atoms with Crippen LogP contribution < -0.4 is 0 Å². The summed E-state index contributed by atoms with van der Waals surface area (Å²) in [5.41, 5.74) is 11.0. The van der Waals surface area contributed by atoms with Gasteiger partial charge in [-0.1, -0.05) is 80.6 Å². The molecule has 7 rings (SSSR count). The lowest BCUT2D eigenvalue weighted by atomic mass is 9.82. The van der Waals surface area contributed by atoms with Crippen molar-refractivity contribution in [1.82, 2.24) is 4.57 Å². The fourth-order valence-electron chi connectivity index (χ4n) is 6.29. The number of benzene rings is 5. The minimum Gasteiger partial charge on any atom is -0.309 e. The van der Waals surface area contributed by atoms with E-state index in [2.05, 4.69) is 109 Å². The highest BCUT2D eigenvalue weighted by Gasteiger charge is 2.35. The molecular weight excluding hydrogens is 462 g/mol. The van der Waals surface area contributed by atoms with Crippen molar-refractivity contribution in [2.45, 2.75) is 19.3 Å². The third kappa shape index (κ3) is 2.94. The highest BCUT2D eigenvalue weighted by molar-refractivity contribution is 6.10. The first-order chi connectivity index (χ1) is 18.5. The maximum atomic E-state index is 9.81. The number of fused-ring (bicyclic) bond motifs is 6. The van der Waals surface area contributed by atoms with E-state index in [-0.39, 0.29) is 5.41 Å². The van der Waals surface area contributed by atoms with Crippen molar-refractivity contribution in [2.24, 2.45) is 0 Å². The summed E-state index contributed by atoms with van der Waals surface area (Å²) in [6.07, 6.45) is 0. The smallest absolute Gasteiger partial charge is 0.0998 e. The van der Waals surface area contributed by atoms with Gasteiger partial charge in [-0.15, -0.1) is 0 Å². The lowest BCUT2D eigenvalue weighted by Gasteiger charge is -2.22. The van der Waals surface area contributed by atoms with Crippen LogP contribution in [0.4, 0.5) is 0 Å². The Morgan fingerprint density at radius 2 is 1.29 bits per heavy atom. The van der Waals surface area contributed by atoms with E-state index in [1.807, 2.05) is 6.07 Å². The van der Waals surface area contributed by atoms with Crippen molar-refractivity contribution in [1.29, 1.82) is 10.5 Å². The van der Waals surface area contributed by atoms with Crippen LogP contribution in [0.5, 0.6) is 0 Å². The van der Waals surface area contributed by atoms with E-state index in [4.69, 9.17) is 0 Å². The maximum Gasteiger partial charge on any atom is 0.0998 e. The molecule has 1 aromatic heterocycles. The third-order valence-corrected chi connectivity index (χ3v) is 8.09. The predicted octanol–water partition coefficient (Wildman–Crippen LogP) is 8.50. The van der Waals surface area contributed by atoms with Gasteiger partial charge < -0.3 is 4.57 Å². The van der Waals surface area contributed by atoms with Gasteiger partial charge in [0.2, 0.25) is 0 Å². The van der Waals surface area contributed by atoms with Gasteiger partial charge in [0.1, 0.15) is 0 Å². The monoisotopic (exact) mass is 485 g/mol. The Morgan fingerprint density at radius 3 is 2.08 bits per heavy atom. The minimum absolute atomic E-state index is 0.0979. The summed E-state index contributed by atoms with van der Waals surface area (Å²) in [5, 5.41) is 21.9. The molecule has 1 aliphatic carbocycles. The van der Waals surface area contributed by atoms with E-state index in [1.54, 1.807) is 18.2 Å². The second-order valence-corrected chi connectivity index (χ2v) is 10.4. The summed E-state index contributed by atoms with van der Waals surface area (Å²) in [7, 11) is 0. The van der Waals surface area contributed by atoms with Gasteiger partial charge in [0.15, 0.2) is 0 Å². The molecule has 0 saturated heterocycles. The number of hydrogen-bond acceptors (Lipinski definition) is 2. The quantitative estimate of drug-likeness (QED) is 0.247. The van der Waals surface area contributed by atoms with Gasteiger partial charge in [-0.3, -0.25) is 0 Å². The van der Waals surface area contributed by atoms with Crippen molar-refractivity contribution in [3.05, 3.63) is 125 Å². The van der Waals surface area contributed by atoms with Crippen LogP contribution in [0.1, 0.15) is 36.1 Å². The number of aromatic nitrogens is 1. The van der Waals surface area contributed by atoms with Crippen LogP contribution >= 0.6 is 0 Å². The van der Waals surface area contributed by atoms with Crippen LogP contribution in [-0.4, -0.2) is 4.57 Å². The molecule has 0 aliphatic heterocycles. The lowest BCUT2D eigenvalue weighted by molar-refractivity contribution is 0.660. The van der Waals surface area contributed by atoms with Crippen molar-refractivity contribution >= 4 is 21.8 Å². The molecule has 0 amide bonds. The zero-order valence-corrected chi connectivity index (χ0v) is 21.2. The van der Waals surface area contributed by atoms with Crippen molar-refractivity contribution in [3.63, 3.8) is 0 Å². The average molecular weight is 486 g/mol. The van der Waals surface area contributed by atoms with Gasteiger partial charge in [-0.25, -0.2) is 0 Å². The molecule has 6 aromatic rings. The zero-order chi connectivity index (χ0) is 26.0. The molecule has 178 valence electrons. The number of para-hydroxylation sites is 1. The first-order valence-corrected chi connectivity index (χ1v) is 12.7. The summed E-state index contributed by atoms with van der Waals surface area (Å²) in [4.78, 5) is 0. The summed E-state index contributed by atoms with van der Waals surface area (Å²) < 4.78 is 2.31. The Bertz CT molecular complexity index is 1990. The van der Waals surface area contributed by atoms with Crippen molar-refractivity contribution in [3.8, 4) is 40.1 Å². The molecule has 3 heteroatoms. The van der Waals surface area contributed by atoms with Gasteiger partial charge in [0.05, 0.1) is 34.3 Å². The van der Waals surface area contributed by atoms with Gasteiger partial charge >= 0.3 is 0 Å². The first-order valence-electron chi connectivity index (χ1n) is 12.7. The van der Waals surface area contributed by atoms with Gasteiger partial charge in [-0.05, 0) is 64.2 Å². The topological polar surface area (TPSA) is 52.5 Å². The highest BCUT2D eigenvalue weighted by Crippen LogP contribution is 2.49. The lowest BCUT2D eigenvalue weighted by Crippen LogP contribution is -2.15. The number of nitriles is 2. The highest BCUT2D eigenvalue weighted by atomic mass is 15.0. The molecule has 38 heavy (non-hydrogen) atoms. The van der Waals surface area contributed by atoms with Crippen LogP contribution in [0.3, 0.4) is 0 Å². The standard InChI is InChI=1S/C35H23N3/c1-35(2)30-12-5-3-10-26(30)27-17-15-25(19-31(27)35)38-32-13-6-4-11-28(32)29-16-14-22(18-33(29)38)34-23(20-36)8-7-9-24(34)21-37/h3-19H,1-2H3. The number of hydrogen-bond donors (Lipinski definition) is 0. The third-order valence-electron chi connectivity index (χ3n) is 8.09. The van der Waals surface area contributed by atoms with Crippen LogP contribution in [0.15, 0.2) is 103 Å². The molecule has 0 radical (unpaired) electrons. The fourth-order valence-corrected chi connectivity index (χ4v) is 6.29. The predicted molar refractivity (Wildman–Crippen MR) is 153 cm³/mol. The normalized spacial score (nSPS) is 13.2. The first kappa shape index (κ1) is 22.1. The fraction of sp³-hybridized carbons (Fsp3) is 0.0857. The molecule has 0 atom stereocenters. The summed E-state index contributed by atoms with van der Waals surface area (Å²) >= 11 is 0. The molecule has 0 unspecified atom stereocenters. The molecule has 0 bridgehead atoms. The van der Waals surface area contributed by atoms with E-state index in [0.717, 1.165) is 27.7 Å². The molecule has 3 nitrogen and oxygen atoms in total. The summed E-state index contributed by atoms with van der Waals surface area (Å²) in [6, 6.07) is 40.1. The Hall–Kier alpha value is -5.12. The zero-order valence-electron chi connectivity index (χ0n) is 21.2. The van der Waals surface area contributed by atoms with Crippen LogP contribution in [0.2, 0.25) is 0 Å². The Kier molecular flexibility index (Phi) is 4.62. The molecule has 0 saturated carbocycles. The summed E-state index contributed by atoms with van der Waals surface area (Å²) in [6.45, 7) is 4.60. The minimum atomic E-state index is -0.0979. The van der Waals surface area contributed by atoms with E-state index in [0.29, 0.717) is 16.7 Å². The average Bonchev–Trinajstić information content (AvgIpc) is 3.41. The van der Waals surface area contributed by atoms with Gasteiger partial charge in [-0.2, -0.15) is 10.5 Å². The van der Waals surface area contributed by atoms with E-state index in [1.165, 1.54) is 27.6 Å². The Balaban J connectivity index is 1.53. The van der Waals surface area contributed by atoms with Crippen LogP contribution in [0.25, 0.3) is 49.7 Å². The second-order valence-electron chi connectivity index (χ2n) is 10.4. The van der Waals surface area contributed by atoms with Gasteiger partial charge in [0.25, 0.3) is 0 Å². The number of nitrogens with zero attached hydrogens (tertiary/aromatic N) is 3. The van der Waals surface area contributed by atoms with E-state index >= 15 is 0 Å². The Morgan fingerprint density at radius 1 is 0.605 bits per heavy atom. The van der Waals surface area contributed by atoms with Crippen molar-refractivity contribution in [2.75, 3.05) is 0 Å². The maximum absolute atomic E-state index is 9.81. The van der Waals surface area contributed by atoms with Gasteiger partial charge in [0, 0.05) is 27.4 Å². The molecule has 1 aliphatic rings. The van der Waals surface area contributed by atoms with Crippen LogP contribution in [0, 0.1) is 22.7 Å². The molecule has 0 N–H and O–H groups in total. The van der Waals surface area contributed by atoms with E-state index < -0.39 is 0 Å². The van der Waals surface area contributed by atoms with Crippen molar-refractivity contribution < 1.29 is 0 Å². The molecule has 0 fully saturated rings. The largest absolute Gasteiger partial charge is 0.309 e. The number of rotatable bonds is 2. The molecule has 0 spiro atoms. The van der Waals surface area contributed by atoms with E-state index in [9.17, 15) is 10.5 Å². The molecule has 1 heterocycles. The molecular formula is C35H23N3. The summed E-state index contributed by atoms with van der Waals surface area (Å²) in [5.74, 6) is 0. The SMILES string of the molecule is CC1(C)c2ccccc2-c2ccc(-n3c4ccccc4c4ccc(-c5c(C#N)cccc5C#N)cc43)cc21. The van der Waals surface area contributed by atoms with Crippen LogP contribution in [-0.2, 0) is 5.41 Å². The Labute approximate surface area is 221 Å². The molecule has 5 aromatic carbocycles.